The Kier molecular flexibility index (Phi) is 3.48. The molecule has 0 N–H and O–H groups in total. The first-order valence-electron chi connectivity index (χ1n) is 6.05. The van der Waals surface area contributed by atoms with E-state index in [1.54, 1.807) is 6.20 Å². The zero-order valence-electron chi connectivity index (χ0n) is 11.3. The Balaban J connectivity index is 2.52. The molecular formula is C13H19ClN4. The van der Waals surface area contributed by atoms with E-state index in [2.05, 4.69) is 41.8 Å². The lowest BCUT2D eigenvalue weighted by Crippen LogP contribution is -2.21. The largest absolute Gasteiger partial charge is 0.357 e. The first kappa shape index (κ1) is 13.1. The third kappa shape index (κ3) is 2.43. The molecule has 0 fully saturated rings. The number of hydrogen-bond donors (Lipinski definition) is 0. The Bertz CT molecular complexity index is 541. The maximum Gasteiger partial charge on any atom is 0.154 e. The molecular weight excluding hydrogens is 248 g/mol. The van der Waals surface area contributed by atoms with E-state index in [9.17, 15) is 0 Å². The molecule has 0 aliphatic heterocycles. The van der Waals surface area contributed by atoms with Gasteiger partial charge < -0.3 is 4.90 Å². The molecule has 2 rings (SSSR count). The van der Waals surface area contributed by atoms with Crippen molar-refractivity contribution in [3.05, 3.63) is 24.2 Å². The van der Waals surface area contributed by atoms with Crippen molar-refractivity contribution in [3.63, 3.8) is 0 Å². The zero-order valence-corrected chi connectivity index (χ0v) is 12.1. The number of fused-ring (bicyclic) bond motifs is 1. The van der Waals surface area contributed by atoms with Crippen LogP contribution in [-0.4, -0.2) is 34.1 Å². The van der Waals surface area contributed by atoms with Crippen LogP contribution in [-0.2, 0) is 5.41 Å². The van der Waals surface area contributed by atoms with Gasteiger partial charge in [-0.15, -0.1) is 11.6 Å². The molecule has 5 heteroatoms. The number of halogens is 1. The van der Waals surface area contributed by atoms with Crippen LogP contribution in [0, 0.1) is 0 Å². The van der Waals surface area contributed by atoms with Crippen molar-refractivity contribution in [2.75, 3.05) is 24.4 Å². The van der Waals surface area contributed by atoms with Crippen molar-refractivity contribution >= 4 is 22.9 Å². The molecule has 0 unspecified atom stereocenters. The standard InChI is InChI=1S/C13H19ClN4/c1-13(2,3)11-9-10-12(17(4)7-5-14)15-6-8-18(10)16-11/h6,8-9H,5,7H2,1-4H3. The highest BCUT2D eigenvalue weighted by molar-refractivity contribution is 6.18. The van der Waals surface area contributed by atoms with Gasteiger partial charge in [0.2, 0.25) is 0 Å². The molecule has 0 atom stereocenters. The SMILES string of the molecule is CN(CCCl)c1nccn2nc(C(C)(C)C)cc12. The summed E-state index contributed by atoms with van der Waals surface area (Å²) in [5.74, 6) is 1.50. The summed E-state index contributed by atoms with van der Waals surface area (Å²) < 4.78 is 1.88. The second-order valence-corrected chi connectivity index (χ2v) is 5.85. The predicted molar refractivity (Wildman–Crippen MR) is 75.7 cm³/mol. The van der Waals surface area contributed by atoms with Gasteiger partial charge in [-0.25, -0.2) is 9.50 Å². The fourth-order valence-corrected chi connectivity index (χ4v) is 2.06. The molecule has 0 radical (unpaired) electrons. The minimum atomic E-state index is 0.0361. The van der Waals surface area contributed by atoms with Gasteiger partial charge in [0.25, 0.3) is 0 Å². The third-order valence-corrected chi connectivity index (χ3v) is 3.09. The molecule has 2 aromatic heterocycles. The number of nitrogens with zero attached hydrogens (tertiary/aromatic N) is 4. The molecule has 2 heterocycles. The van der Waals surface area contributed by atoms with Gasteiger partial charge >= 0.3 is 0 Å². The van der Waals surface area contributed by atoms with E-state index in [1.165, 1.54) is 0 Å². The van der Waals surface area contributed by atoms with Crippen molar-refractivity contribution in [2.24, 2.45) is 0 Å². The van der Waals surface area contributed by atoms with Crippen molar-refractivity contribution in [2.45, 2.75) is 26.2 Å². The summed E-state index contributed by atoms with van der Waals surface area (Å²) in [7, 11) is 1.99. The topological polar surface area (TPSA) is 33.4 Å². The Hall–Kier alpha value is -1.29. The molecule has 0 spiro atoms. The Labute approximate surface area is 113 Å². The summed E-state index contributed by atoms with van der Waals surface area (Å²) >= 11 is 5.78. The second-order valence-electron chi connectivity index (χ2n) is 5.47. The van der Waals surface area contributed by atoms with E-state index >= 15 is 0 Å². The van der Waals surface area contributed by atoms with Gasteiger partial charge in [-0.05, 0) is 6.07 Å². The van der Waals surface area contributed by atoms with Crippen molar-refractivity contribution in [1.29, 1.82) is 0 Å². The van der Waals surface area contributed by atoms with Crippen LogP contribution in [0.15, 0.2) is 18.5 Å². The summed E-state index contributed by atoms with van der Waals surface area (Å²) in [6.45, 7) is 7.24. The highest BCUT2D eigenvalue weighted by Gasteiger charge is 2.19. The van der Waals surface area contributed by atoms with Crippen molar-refractivity contribution in [3.8, 4) is 0 Å². The Morgan fingerprint density at radius 3 is 2.72 bits per heavy atom. The number of alkyl halides is 1. The van der Waals surface area contributed by atoms with Gasteiger partial charge in [-0.2, -0.15) is 5.10 Å². The first-order chi connectivity index (χ1) is 8.43. The minimum absolute atomic E-state index is 0.0361. The van der Waals surface area contributed by atoms with Crippen LogP contribution in [0.25, 0.3) is 5.52 Å². The molecule has 0 saturated heterocycles. The number of anilines is 1. The minimum Gasteiger partial charge on any atom is -0.357 e. The van der Waals surface area contributed by atoms with E-state index in [1.807, 2.05) is 17.8 Å². The summed E-state index contributed by atoms with van der Waals surface area (Å²) in [4.78, 5) is 6.48. The van der Waals surface area contributed by atoms with Gasteiger partial charge in [0.15, 0.2) is 5.82 Å². The smallest absolute Gasteiger partial charge is 0.154 e. The Morgan fingerprint density at radius 1 is 1.39 bits per heavy atom. The average molecular weight is 267 g/mol. The Morgan fingerprint density at radius 2 is 2.11 bits per heavy atom. The van der Waals surface area contributed by atoms with Crippen LogP contribution in [0.1, 0.15) is 26.5 Å². The molecule has 2 aromatic rings. The normalized spacial score (nSPS) is 12.1. The molecule has 18 heavy (non-hydrogen) atoms. The lowest BCUT2D eigenvalue weighted by Gasteiger charge is -2.16. The van der Waals surface area contributed by atoms with Crippen LogP contribution in [0.5, 0.6) is 0 Å². The molecule has 0 aliphatic carbocycles. The van der Waals surface area contributed by atoms with Crippen molar-refractivity contribution < 1.29 is 0 Å². The number of rotatable bonds is 3. The van der Waals surface area contributed by atoms with Crippen LogP contribution in [0.4, 0.5) is 5.82 Å². The third-order valence-electron chi connectivity index (χ3n) is 2.92. The lowest BCUT2D eigenvalue weighted by atomic mass is 9.92. The molecule has 0 amide bonds. The van der Waals surface area contributed by atoms with Crippen LogP contribution in [0.2, 0.25) is 0 Å². The van der Waals surface area contributed by atoms with E-state index in [-0.39, 0.29) is 5.41 Å². The van der Waals surface area contributed by atoms with E-state index < -0.39 is 0 Å². The van der Waals surface area contributed by atoms with Crippen molar-refractivity contribution in [1.82, 2.24) is 14.6 Å². The van der Waals surface area contributed by atoms with Crippen LogP contribution < -0.4 is 4.90 Å². The van der Waals surface area contributed by atoms with Gasteiger partial charge in [0.05, 0.1) is 5.69 Å². The molecule has 0 saturated carbocycles. The zero-order chi connectivity index (χ0) is 13.3. The monoisotopic (exact) mass is 266 g/mol. The van der Waals surface area contributed by atoms with Gasteiger partial charge in [0, 0.05) is 37.3 Å². The van der Waals surface area contributed by atoms with Crippen LogP contribution >= 0.6 is 11.6 Å². The average Bonchev–Trinajstić information content (AvgIpc) is 2.72. The quantitative estimate of drug-likeness (QED) is 0.801. The number of aromatic nitrogens is 3. The molecule has 0 aliphatic rings. The summed E-state index contributed by atoms with van der Waals surface area (Å²) in [6.07, 6.45) is 3.65. The van der Waals surface area contributed by atoms with E-state index in [0.29, 0.717) is 5.88 Å². The maximum atomic E-state index is 5.78. The highest BCUT2D eigenvalue weighted by Crippen LogP contribution is 2.25. The summed E-state index contributed by atoms with van der Waals surface area (Å²) in [6, 6.07) is 2.10. The fraction of sp³-hybridized carbons (Fsp3) is 0.538. The first-order valence-corrected chi connectivity index (χ1v) is 6.59. The number of hydrogen-bond acceptors (Lipinski definition) is 3. The summed E-state index contributed by atoms with van der Waals surface area (Å²) in [5.41, 5.74) is 2.13. The lowest BCUT2D eigenvalue weighted by molar-refractivity contribution is 0.562. The van der Waals surface area contributed by atoms with E-state index in [4.69, 9.17) is 11.6 Å². The second kappa shape index (κ2) is 4.76. The highest BCUT2D eigenvalue weighted by atomic mass is 35.5. The van der Waals surface area contributed by atoms with Gasteiger partial charge in [-0.3, -0.25) is 0 Å². The molecule has 98 valence electrons. The molecule has 0 bridgehead atoms. The summed E-state index contributed by atoms with van der Waals surface area (Å²) in [5, 5.41) is 4.60. The predicted octanol–water partition coefficient (Wildman–Crippen LogP) is 2.70. The maximum absolute atomic E-state index is 5.78. The van der Waals surface area contributed by atoms with E-state index in [0.717, 1.165) is 23.6 Å². The van der Waals surface area contributed by atoms with Gasteiger partial charge in [0.1, 0.15) is 5.52 Å². The fourth-order valence-electron chi connectivity index (χ4n) is 1.80. The molecule has 0 aromatic carbocycles. The van der Waals surface area contributed by atoms with Crippen LogP contribution in [0.3, 0.4) is 0 Å². The van der Waals surface area contributed by atoms with Gasteiger partial charge in [-0.1, -0.05) is 20.8 Å². The molecule has 4 nitrogen and oxygen atoms in total.